The molecule has 286 valence electrons. The van der Waals surface area contributed by atoms with Crippen molar-refractivity contribution < 1.29 is 19.1 Å². The number of carbonyl (C=O) groups is 2. The SMILES string of the molecule is [C-]#[N+]c1c(NCC#C)cc(NCC#C)cc1Oc1ccc2cc3c(cc2c1)C1C(=O)c2cc4ccc(Oc5cc(NCC#C)cc(NCC#C)c5C#N)cc4cc2C1C3=O. The van der Waals surface area contributed by atoms with Gasteiger partial charge in [-0.2, -0.15) is 5.26 Å². The fourth-order valence-electron chi connectivity index (χ4n) is 7.88. The molecule has 0 saturated carbocycles. The topological polar surface area (TPSA) is 129 Å². The smallest absolute Gasteiger partial charge is 0.251 e. The molecule has 2 atom stereocenters. The first-order chi connectivity index (χ1) is 29.3. The molecule has 10 heteroatoms. The number of ketones is 2. The summed E-state index contributed by atoms with van der Waals surface area (Å²) in [5.41, 5.74) is 5.09. The number of nitriles is 1. The van der Waals surface area contributed by atoms with E-state index in [1.54, 1.807) is 36.4 Å². The van der Waals surface area contributed by atoms with E-state index in [0.717, 1.165) is 21.5 Å². The summed E-state index contributed by atoms with van der Waals surface area (Å²) in [5, 5.41) is 25.6. The van der Waals surface area contributed by atoms with E-state index in [9.17, 15) is 14.9 Å². The number of ether oxygens (including phenoxy) is 2. The standard InChI is InChI=1S/C50H32N6O4/c1-6-14-53-33-24-42(55-16-8-3)41(28-51)44(26-33)59-35-12-10-29-20-39-37(22-31(29)18-35)46-47(49(39)57)38-23-32-19-36(13-11-30(32)21-40(38)50(46)58)60-45-27-34(54-15-7-2)25-43(48(45)52-5)56-17-9-4/h1-4,10-13,18-27,46-47,53-56H,14-17H2. The van der Waals surface area contributed by atoms with Crippen molar-refractivity contribution >= 4 is 61.5 Å². The lowest BCUT2D eigenvalue weighted by atomic mass is 9.91. The third kappa shape index (κ3) is 6.85. The Labute approximate surface area is 346 Å². The lowest BCUT2D eigenvalue weighted by molar-refractivity contribution is 0.0913. The number of anilines is 4. The Morgan fingerprint density at radius 1 is 0.583 bits per heavy atom. The Hall–Kier alpha value is -8.80. The monoisotopic (exact) mass is 780 g/mol. The highest BCUT2D eigenvalue weighted by molar-refractivity contribution is 6.22. The minimum absolute atomic E-state index is 0.122. The summed E-state index contributed by atoms with van der Waals surface area (Å²) >= 11 is 0. The molecule has 0 saturated heterocycles. The average Bonchev–Trinajstić information content (AvgIpc) is 3.70. The Kier molecular flexibility index (Phi) is 10.1. The summed E-state index contributed by atoms with van der Waals surface area (Å²) in [7, 11) is 0. The van der Waals surface area contributed by atoms with Crippen LogP contribution in [0.4, 0.5) is 28.4 Å². The quantitative estimate of drug-likeness (QED) is 0.0709. The van der Waals surface area contributed by atoms with Gasteiger partial charge in [0.15, 0.2) is 11.6 Å². The number of nitrogens with zero attached hydrogens (tertiary/aromatic N) is 2. The zero-order chi connectivity index (χ0) is 41.9. The lowest BCUT2D eigenvalue weighted by Crippen LogP contribution is -2.09. The summed E-state index contributed by atoms with van der Waals surface area (Å²) in [5.74, 6) is 9.97. The van der Waals surface area contributed by atoms with Crippen LogP contribution in [-0.4, -0.2) is 37.7 Å². The maximum Gasteiger partial charge on any atom is 0.251 e. The van der Waals surface area contributed by atoms with Crippen molar-refractivity contribution in [1.82, 2.24) is 0 Å². The van der Waals surface area contributed by atoms with Crippen LogP contribution in [0.1, 0.15) is 49.2 Å². The van der Waals surface area contributed by atoms with Crippen molar-refractivity contribution in [2.24, 2.45) is 0 Å². The molecule has 0 bridgehead atoms. The molecule has 4 N–H and O–H groups in total. The van der Waals surface area contributed by atoms with Crippen molar-refractivity contribution in [1.29, 1.82) is 5.26 Å². The number of fused-ring (bicyclic) bond motifs is 7. The molecule has 2 aliphatic rings. The van der Waals surface area contributed by atoms with Crippen LogP contribution in [0.25, 0.3) is 26.4 Å². The van der Waals surface area contributed by atoms with E-state index in [1.807, 2.05) is 48.5 Å². The predicted octanol–water partition coefficient (Wildman–Crippen LogP) is 9.44. The van der Waals surface area contributed by atoms with Crippen LogP contribution in [-0.2, 0) is 0 Å². The molecule has 0 heterocycles. The van der Waals surface area contributed by atoms with Gasteiger partial charge in [-0.05, 0) is 99.4 Å². The summed E-state index contributed by atoms with van der Waals surface area (Å²) in [4.78, 5) is 32.2. The van der Waals surface area contributed by atoms with Gasteiger partial charge in [0.05, 0.1) is 50.3 Å². The highest BCUT2D eigenvalue weighted by Crippen LogP contribution is 2.53. The summed E-state index contributed by atoms with van der Waals surface area (Å²) in [6.45, 7) is 8.81. The Morgan fingerprint density at radius 2 is 1.05 bits per heavy atom. The van der Waals surface area contributed by atoms with Gasteiger partial charge in [-0.15, -0.1) is 25.7 Å². The van der Waals surface area contributed by atoms with Gasteiger partial charge in [0.2, 0.25) is 0 Å². The van der Waals surface area contributed by atoms with Crippen LogP contribution in [0.3, 0.4) is 0 Å². The Bertz CT molecular complexity index is 2880. The first kappa shape index (κ1) is 38.1. The maximum atomic E-state index is 14.2. The first-order valence-corrected chi connectivity index (χ1v) is 18.7. The average molecular weight is 781 g/mol. The summed E-state index contributed by atoms with van der Waals surface area (Å²) < 4.78 is 12.6. The molecule has 0 amide bonds. The molecule has 0 spiro atoms. The van der Waals surface area contributed by atoms with E-state index >= 15 is 0 Å². The molecular weight excluding hydrogens is 749 g/mol. The molecule has 6 aromatic carbocycles. The van der Waals surface area contributed by atoms with Crippen LogP contribution in [0.15, 0.2) is 84.9 Å². The second-order valence-electron chi connectivity index (χ2n) is 14.0. The molecule has 60 heavy (non-hydrogen) atoms. The van der Waals surface area contributed by atoms with Crippen molar-refractivity contribution in [2.45, 2.75) is 11.8 Å². The van der Waals surface area contributed by atoms with E-state index in [2.05, 4.69) is 55.9 Å². The Balaban J connectivity index is 1.11. The van der Waals surface area contributed by atoms with Crippen molar-refractivity contribution in [3.8, 4) is 78.4 Å². The minimum atomic E-state index is -0.689. The molecular formula is C50H32N6O4. The number of rotatable bonds is 12. The van der Waals surface area contributed by atoms with Crippen LogP contribution in [0, 0.1) is 67.3 Å². The van der Waals surface area contributed by atoms with Gasteiger partial charge in [-0.1, -0.05) is 35.8 Å². The van der Waals surface area contributed by atoms with E-state index in [-0.39, 0.29) is 54.7 Å². The normalized spacial score (nSPS) is 14.2. The molecule has 0 aliphatic heterocycles. The Morgan fingerprint density at radius 3 is 1.55 bits per heavy atom. The van der Waals surface area contributed by atoms with Gasteiger partial charge < -0.3 is 30.7 Å². The van der Waals surface area contributed by atoms with Crippen molar-refractivity contribution in [3.05, 3.63) is 124 Å². The number of nitrogens with one attached hydrogen (secondary N) is 4. The largest absolute Gasteiger partial charge is 0.468 e. The van der Waals surface area contributed by atoms with Crippen molar-refractivity contribution in [3.63, 3.8) is 0 Å². The summed E-state index contributed by atoms with van der Waals surface area (Å²) in [6, 6.07) is 27.4. The zero-order valence-corrected chi connectivity index (χ0v) is 31.9. The van der Waals surface area contributed by atoms with Crippen LogP contribution in [0.2, 0.25) is 0 Å². The lowest BCUT2D eigenvalue weighted by Gasteiger charge is -2.15. The van der Waals surface area contributed by atoms with Gasteiger partial charge in [-0.3, -0.25) is 9.59 Å². The van der Waals surface area contributed by atoms with E-state index in [4.69, 9.17) is 41.7 Å². The predicted molar refractivity (Wildman–Crippen MR) is 235 cm³/mol. The van der Waals surface area contributed by atoms with Gasteiger partial charge in [0, 0.05) is 34.3 Å². The number of terminal acetylenes is 4. The maximum absolute atomic E-state index is 14.2. The van der Waals surface area contributed by atoms with E-state index < -0.39 is 11.8 Å². The fraction of sp³-hybridized carbons (Fsp3) is 0.120. The highest BCUT2D eigenvalue weighted by atomic mass is 16.5. The molecule has 0 radical (unpaired) electrons. The third-order valence-electron chi connectivity index (χ3n) is 10.5. The van der Waals surface area contributed by atoms with Crippen molar-refractivity contribution in [2.75, 3.05) is 47.4 Å². The zero-order valence-electron chi connectivity index (χ0n) is 31.9. The summed E-state index contributed by atoms with van der Waals surface area (Å²) in [6.07, 6.45) is 21.9. The number of carbonyl (C=O) groups excluding carboxylic acids is 2. The van der Waals surface area contributed by atoms with Crippen LogP contribution in [0.5, 0.6) is 23.0 Å². The third-order valence-corrected chi connectivity index (χ3v) is 10.5. The molecule has 0 fully saturated rings. The highest BCUT2D eigenvalue weighted by Gasteiger charge is 2.51. The van der Waals surface area contributed by atoms with E-state index in [1.165, 1.54) is 0 Å². The second kappa shape index (κ2) is 16.0. The molecule has 10 nitrogen and oxygen atoms in total. The number of hydrogen-bond donors (Lipinski definition) is 4. The number of hydrogen-bond acceptors (Lipinski definition) is 9. The van der Waals surface area contributed by atoms with Gasteiger partial charge >= 0.3 is 0 Å². The number of Topliss-reactive ketones (excluding diaryl/α,β-unsaturated/α-hetero) is 2. The number of benzene rings is 6. The molecule has 6 aromatic rings. The van der Waals surface area contributed by atoms with Crippen LogP contribution >= 0.6 is 0 Å². The van der Waals surface area contributed by atoms with Crippen LogP contribution < -0.4 is 30.7 Å². The van der Waals surface area contributed by atoms with Gasteiger partial charge in [0.1, 0.15) is 34.6 Å². The fourth-order valence-corrected chi connectivity index (χ4v) is 7.88. The van der Waals surface area contributed by atoms with Gasteiger partial charge in [0.25, 0.3) is 5.69 Å². The molecule has 2 aliphatic carbocycles. The minimum Gasteiger partial charge on any atom is -0.468 e. The molecule has 8 rings (SSSR count). The first-order valence-electron chi connectivity index (χ1n) is 18.7. The molecule has 0 aromatic heterocycles. The van der Waals surface area contributed by atoms with E-state index in [0.29, 0.717) is 62.3 Å². The molecule has 2 unspecified atom stereocenters. The van der Waals surface area contributed by atoms with Gasteiger partial charge in [-0.25, -0.2) is 4.85 Å². The second-order valence-corrected chi connectivity index (χ2v) is 14.0.